The number of hydrogen-bond donors (Lipinski definition) is 3. The van der Waals surface area contributed by atoms with E-state index in [1.165, 1.54) is 35.3 Å². The monoisotopic (exact) mass is 604 g/mol. The largest absolute Gasteiger partial charge is 0.416 e. The number of carbonyl (C=O) groups is 2. The number of para-hydroxylation sites is 1. The van der Waals surface area contributed by atoms with Crippen molar-refractivity contribution in [3.05, 3.63) is 81.8 Å². The van der Waals surface area contributed by atoms with E-state index in [4.69, 9.17) is 11.6 Å². The van der Waals surface area contributed by atoms with Gasteiger partial charge in [-0.2, -0.15) is 13.2 Å². The number of halogens is 4. The highest BCUT2D eigenvalue weighted by Gasteiger charge is 2.39. The highest BCUT2D eigenvalue weighted by molar-refractivity contribution is 6.30. The Labute approximate surface area is 240 Å². The van der Waals surface area contributed by atoms with Crippen LogP contribution < -0.4 is 16.3 Å². The normalized spacial score (nSPS) is 15.9. The van der Waals surface area contributed by atoms with Crippen molar-refractivity contribution in [3.63, 3.8) is 0 Å². The van der Waals surface area contributed by atoms with Gasteiger partial charge in [0.1, 0.15) is 12.9 Å². The lowest BCUT2D eigenvalue weighted by molar-refractivity contribution is -0.207. The van der Waals surface area contributed by atoms with Crippen molar-refractivity contribution in [2.45, 2.75) is 44.3 Å². The summed E-state index contributed by atoms with van der Waals surface area (Å²) in [6.07, 6.45) is -5.40. The van der Waals surface area contributed by atoms with Gasteiger partial charge in [-0.3, -0.25) is 14.2 Å². The molecule has 1 aliphatic rings. The van der Waals surface area contributed by atoms with Crippen molar-refractivity contribution < 1.29 is 27.9 Å². The lowest BCUT2D eigenvalue weighted by atomic mass is 10.1. The summed E-state index contributed by atoms with van der Waals surface area (Å²) in [6, 6.07) is 12.4. The predicted molar refractivity (Wildman–Crippen MR) is 143 cm³/mol. The molecule has 16 heteroatoms. The Morgan fingerprint density at radius 1 is 1.14 bits per heavy atom. The summed E-state index contributed by atoms with van der Waals surface area (Å²) in [5.74, 6) is -0.482. The van der Waals surface area contributed by atoms with Gasteiger partial charge in [0, 0.05) is 29.6 Å². The number of aliphatic hydroxyl groups excluding tert-OH is 1. The second-order valence-corrected chi connectivity index (χ2v) is 10.0. The van der Waals surface area contributed by atoms with E-state index in [2.05, 4.69) is 25.8 Å². The molecule has 1 fully saturated rings. The standard InChI is InChI=1S/C26H24ClF3N8O4/c27-16-7-5-15(6-8-16)23-35-37(25(42)36(23)12-20(39)26(28,29)30)13-21-32-14-38(34-21)19-4-2-1-3-18(19)24(41)31-11-17-9-10-22(40)33-17/h1-8,14,17,20,39H,9-13H2,(H,31,41)(H,33,40)/t17-,20-/m0/s1. The molecule has 2 amide bonds. The molecule has 12 nitrogen and oxygen atoms in total. The lowest BCUT2D eigenvalue weighted by Gasteiger charge is -2.15. The third kappa shape index (κ3) is 6.36. The van der Waals surface area contributed by atoms with Crippen molar-refractivity contribution in [1.29, 1.82) is 0 Å². The zero-order chi connectivity index (χ0) is 30.0. The smallest absolute Gasteiger partial charge is 0.382 e. The average Bonchev–Trinajstić information content (AvgIpc) is 3.67. The fourth-order valence-electron chi connectivity index (χ4n) is 4.42. The third-order valence-corrected chi connectivity index (χ3v) is 6.83. The number of aromatic nitrogens is 6. The van der Waals surface area contributed by atoms with Gasteiger partial charge in [0.15, 0.2) is 17.8 Å². The maximum atomic E-state index is 13.1. The van der Waals surface area contributed by atoms with E-state index in [0.717, 1.165) is 9.25 Å². The van der Waals surface area contributed by atoms with E-state index in [1.807, 2.05) is 0 Å². The summed E-state index contributed by atoms with van der Waals surface area (Å²) in [6.45, 7) is -1.13. The van der Waals surface area contributed by atoms with Crippen LogP contribution in [0.2, 0.25) is 5.02 Å². The van der Waals surface area contributed by atoms with Crippen molar-refractivity contribution >= 4 is 23.4 Å². The minimum absolute atomic E-state index is 0.0643. The summed E-state index contributed by atoms with van der Waals surface area (Å²) in [7, 11) is 0. The first-order chi connectivity index (χ1) is 20.0. The molecule has 0 saturated carbocycles. The quantitative estimate of drug-likeness (QED) is 0.264. The average molecular weight is 605 g/mol. The molecular formula is C26H24ClF3N8O4. The molecule has 0 radical (unpaired) electrons. The first-order valence-corrected chi connectivity index (χ1v) is 13.1. The number of rotatable bonds is 9. The van der Waals surface area contributed by atoms with Crippen LogP contribution in [-0.2, 0) is 17.9 Å². The zero-order valence-corrected chi connectivity index (χ0v) is 22.5. The molecule has 0 spiro atoms. The fourth-order valence-corrected chi connectivity index (χ4v) is 4.55. The molecule has 3 N–H and O–H groups in total. The van der Waals surface area contributed by atoms with Crippen LogP contribution in [0.15, 0.2) is 59.7 Å². The topological polar surface area (TPSA) is 149 Å². The molecule has 5 rings (SSSR count). The highest BCUT2D eigenvalue weighted by Crippen LogP contribution is 2.24. The van der Waals surface area contributed by atoms with E-state index in [1.54, 1.807) is 24.3 Å². The Morgan fingerprint density at radius 3 is 2.57 bits per heavy atom. The molecule has 3 heterocycles. The van der Waals surface area contributed by atoms with Crippen molar-refractivity contribution in [2.75, 3.05) is 6.54 Å². The van der Waals surface area contributed by atoms with Crippen LogP contribution in [0.5, 0.6) is 0 Å². The molecule has 1 saturated heterocycles. The SMILES string of the molecule is O=C1CC[C@@H](CNC(=O)c2ccccc2-n2cnc(Cn3nc(-c4ccc(Cl)cc4)n(C[C@H](O)C(F)(F)F)c3=O)n2)N1. The van der Waals surface area contributed by atoms with Crippen molar-refractivity contribution in [3.8, 4) is 17.1 Å². The van der Waals surface area contributed by atoms with Crippen LogP contribution in [0.25, 0.3) is 17.1 Å². The Hall–Kier alpha value is -4.50. The number of aliphatic hydroxyl groups is 1. The summed E-state index contributed by atoms with van der Waals surface area (Å²) in [5, 5.41) is 24.2. The van der Waals surface area contributed by atoms with E-state index >= 15 is 0 Å². The number of alkyl halides is 3. The van der Waals surface area contributed by atoms with Crippen LogP contribution in [-0.4, -0.2) is 70.9 Å². The Balaban J connectivity index is 1.39. The van der Waals surface area contributed by atoms with Crippen LogP contribution in [0.4, 0.5) is 13.2 Å². The first kappa shape index (κ1) is 29.0. The lowest BCUT2D eigenvalue weighted by Crippen LogP contribution is -2.38. The Kier molecular flexibility index (Phi) is 8.13. The fraction of sp³-hybridized carbons (Fsp3) is 0.308. The third-order valence-electron chi connectivity index (χ3n) is 6.58. The van der Waals surface area contributed by atoms with Crippen molar-refractivity contribution in [2.24, 2.45) is 0 Å². The van der Waals surface area contributed by atoms with Gasteiger partial charge in [-0.05, 0) is 42.8 Å². The molecular weight excluding hydrogens is 581 g/mol. The summed E-state index contributed by atoms with van der Waals surface area (Å²) >= 11 is 5.92. The number of amides is 2. The maximum Gasteiger partial charge on any atom is 0.416 e. The molecule has 42 heavy (non-hydrogen) atoms. The summed E-state index contributed by atoms with van der Waals surface area (Å²) in [4.78, 5) is 41.7. The maximum absolute atomic E-state index is 13.1. The van der Waals surface area contributed by atoms with Gasteiger partial charge in [-0.25, -0.2) is 19.1 Å². The predicted octanol–water partition coefficient (Wildman–Crippen LogP) is 1.93. The van der Waals surface area contributed by atoms with Gasteiger partial charge in [0.05, 0.1) is 17.8 Å². The van der Waals surface area contributed by atoms with E-state index < -0.39 is 30.4 Å². The Morgan fingerprint density at radius 2 is 1.88 bits per heavy atom. The van der Waals surface area contributed by atoms with Crippen LogP contribution in [0.3, 0.4) is 0 Å². The van der Waals surface area contributed by atoms with Crippen molar-refractivity contribution in [1.82, 2.24) is 39.7 Å². The van der Waals surface area contributed by atoms with Gasteiger partial charge in [0.25, 0.3) is 5.91 Å². The van der Waals surface area contributed by atoms with Gasteiger partial charge in [0.2, 0.25) is 5.91 Å². The molecule has 2 aromatic heterocycles. The van der Waals surface area contributed by atoms with E-state index in [9.17, 15) is 32.7 Å². The first-order valence-electron chi connectivity index (χ1n) is 12.8. The van der Waals surface area contributed by atoms with E-state index in [-0.39, 0.29) is 42.3 Å². The second-order valence-electron chi connectivity index (χ2n) is 9.57. The molecule has 2 aromatic carbocycles. The molecule has 2 atom stereocenters. The molecule has 220 valence electrons. The minimum atomic E-state index is -4.95. The molecule has 0 unspecified atom stereocenters. The molecule has 1 aliphatic heterocycles. The number of carbonyl (C=O) groups excluding carboxylic acids is 2. The van der Waals surface area contributed by atoms with Gasteiger partial charge in [-0.1, -0.05) is 23.7 Å². The van der Waals surface area contributed by atoms with Gasteiger partial charge < -0.3 is 15.7 Å². The van der Waals surface area contributed by atoms with Crippen LogP contribution in [0.1, 0.15) is 29.0 Å². The minimum Gasteiger partial charge on any atom is -0.382 e. The van der Waals surface area contributed by atoms with Gasteiger partial charge >= 0.3 is 11.9 Å². The summed E-state index contributed by atoms with van der Waals surface area (Å²) < 4.78 is 42.3. The second kappa shape index (κ2) is 11.8. The number of nitrogens with one attached hydrogen (secondary N) is 2. The Bertz CT molecular complexity index is 1660. The number of nitrogens with zero attached hydrogens (tertiary/aromatic N) is 6. The zero-order valence-electron chi connectivity index (χ0n) is 21.8. The number of benzene rings is 2. The molecule has 0 bridgehead atoms. The highest BCUT2D eigenvalue weighted by atomic mass is 35.5. The number of hydrogen-bond acceptors (Lipinski definition) is 7. The molecule has 0 aliphatic carbocycles. The van der Waals surface area contributed by atoms with Crippen LogP contribution in [0, 0.1) is 0 Å². The van der Waals surface area contributed by atoms with Crippen LogP contribution >= 0.6 is 11.6 Å². The van der Waals surface area contributed by atoms with E-state index in [0.29, 0.717) is 29.1 Å². The summed E-state index contributed by atoms with van der Waals surface area (Å²) in [5.41, 5.74) is 0.0572. The van der Waals surface area contributed by atoms with Gasteiger partial charge in [-0.15, -0.1) is 10.2 Å². The molecule has 4 aromatic rings.